The predicted octanol–water partition coefficient (Wildman–Crippen LogP) is 6.22. The first-order valence-corrected chi connectivity index (χ1v) is 11.3. The molecule has 0 radical (unpaired) electrons. The van der Waals surface area contributed by atoms with Gasteiger partial charge in [-0.05, 0) is 67.8 Å². The second-order valence-corrected chi connectivity index (χ2v) is 8.70. The molecule has 2 heterocycles. The summed E-state index contributed by atoms with van der Waals surface area (Å²) in [7, 11) is 0. The van der Waals surface area contributed by atoms with E-state index in [0.29, 0.717) is 39.0 Å². The zero-order chi connectivity index (χ0) is 23.8. The third-order valence-electron chi connectivity index (χ3n) is 5.88. The standard InChI is InChI=1S/C25H21ClN4O4/c1-15-4-8-20-23(12-15)34-25(28-20)18-14-17(6-7-19(18)26)27-24(31)16-5-9-21(22(13-16)30(32)33)29-10-2-3-11-29/h4-9,12-14H,2-3,10-11H2,1H3,(H,27,31). The number of benzene rings is 3. The second-order valence-electron chi connectivity index (χ2n) is 8.29. The Morgan fingerprint density at radius 1 is 1.12 bits per heavy atom. The molecule has 1 N–H and O–H groups in total. The number of fused-ring (bicyclic) bond motifs is 1. The fourth-order valence-electron chi connectivity index (χ4n) is 4.15. The van der Waals surface area contributed by atoms with Crippen molar-refractivity contribution >= 4 is 45.7 Å². The van der Waals surface area contributed by atoms with Crippen LogP contribution in [0.5, 0.6) is 0 Å². The van der Waals surface area contributed by atoms with Gasteiger partial charge in [0.1, 0.15) is 11.2 Å². The van der Waals surface area contributed by atoms with Crippen molar-refractivity contribution < 1.29 is 14.1 Å². The fourth-order valence-corrected chi connectivity index (χ4v) is 4.35. The molecule has 1 amide bonds. The number of rotatable bonds is 5. The Morgan fingerprint density at radius 2 is 1.91 bits per heavy atom. The van der Waals surface area contributed by atoms with Gasteiger partial charge in [-0.15, -0.1) is 0 Å². The van der Waals surface area contributed by atoms with Crippen LogP contribution in [0.15, 0.2) is 59.0 Å². The van der Waals surface area contributed by atoms with Crippen LogP contribution in [0, 0.1) is 17.0 Å². The van der Waals surface area contributed by atoms with E-state index in [4.69, 9.17) is 16.0 Å². The van der Waals surface area contributed by atoms with Crippen molar-refractivity contribution in [2.24, 2.45) is 0 Å². The fraction of sp³-hybridized carbons (Fsp3) is 0.200. The summed E-state index contributed by atoms with van der Waals surface area (Å²) in [5, 5.41) is 14.9. The van der Waals surface area contributed by atoms with Gasteiger partial charge in [0.2, 0.25) is 5.89 Å². The summed E-state index contributed by atoms with van der Waals surface area (Å²) in [6, 6.07) is 15.3. The van der Waals surface area contributed by atoms with Crippen molar-refractivity contribution in [3.8, 4) is 11.5 Å². The molecule has 1 saturated heterocycles. The van der Waals surface area contributed by atoms with Crippen LogP contribution < -0.4 is 10.2 Å². The summed E-state index contributed by atoms with van der Waals surface area (Å²) < 4.78 is 5.88. The third-order valence-corrected chi connectivity index (χ3v) is 6.21. The number of anilines is 2. The molecule has 4 aromatic rings. The van der Waals surface area contributed by atoms with Crippen LogP contribution in [0.25, 0.3) is 22.6 Å². The SMILES string of the molecule is Cc1ccc2nc(-c3cc(NC(=O)c4ccc(N5CCCC5)c([N+](=O)[O-])c4)ccc3Cl)oc2c1. The van der Waals surface area contributed by atoms with Gasteiger partial charge in [0, 0.05) is 30.4 Å². The van der Waals surface area contributed by atoms with Crippen LogP contribution in [0.4, 0.5) is 17.1 Å². The highest BCUT2D eigenvalue weighted by molar-refractivity contribution is 6.33. The zero-order valence-electron chi connectivity index (χ0n) is 18.4. The van der Waals surface area contributed by atoms with E-state index in [-0.39, 0.29) is 11.3 Å². The number of nitro benzene ring substituents is 1. The van der Waals surface area contributed by atoms with Crippen LogP contribution in [-0.2, 0) is 0 Å². The molecule has 0 bridgehead atoms. The molecular formula is C25H21ClN4O4. The number of aromatic nitrogens is 1. The maximum absolute atomic E-state index is 12.9. The Labute approximate surface area is 200 Å². The molecule has 5 rings (SSSR count). The lowest BCUT2D eigenvalue weighted by atomic mass is 10.1. The molecule has 1 aliphatic rings. The van der Waals surface area contributed by atoms with Crippen molar-refractivity contribution in [3.05, 3.63) is 80.9 Å². The number of hydrogen-bond donors (Lipinski definition) is 1. The molecule has 1 fully saturated rings. The first kappa shape index (κ1) is 21.9. The smallest absolute Gasteiger partial charge is 0.293 e. The van der Waals surface area contributed by atoms with Crippen molar-refractivity contribution in [1.82, 2.24) is 4.98 Å². The summed E-state index contributed by atoms with van der Waals surface area (Å²) >= 11 is 6.39. The average molecular weight is 477 g/mol. The van der Waals surface area contributed by atoms with E-state index in [0.717, 1.165) is 31.5 Å². The zero-order valence-corrected chi connectivity index (χ0v) is 19.1. The van der Waals surface area contributed by atoms with Gasteiger partial charge in [-0.1, -0.05) is 17.7 Å². The highest BCUT2D eigenvalue weighted by Crippen LogP contribution is 2.34. The lowest BCUT2D eigenvalue weighted by Crippen LogP contribution is -2.19. The maximum atomic E-state index is 12.9. The van der Waals surface area contributed by atoms with Crippen molar-refractivity contribution in [1.29, 1.82) is 0 Å². The first-order valence-electron chi connectivity index (χ1n) is 10.9. The Kier molecular flexibility index (Phi) is 5.67. The van der Waals surface area contributed by atoms with Crippen molar-refractivity contribution in [3.63, 3.8) is 0 Å². The molecule has 34 heavy (non-hydrogen) atoms. The van der Waals surface area contributed by atoms with Gasteiger partial charge in [-0.3, -0.25) is 14.9 Å². The highest BCUT2D eigenvalue weighted by atomic mass is 35.5. The summed E-state index contributed by atoms with van der Waals surface area (Å²) in [6.07, 6.45) is 2.00. The second kappa shape index (κ2) is 8.79. The number of nitrogens with zero attached hydrogens (tertiary/aromatic N) is 3. The number of amides is 1. The monoisotopic (exact) mass is 476 g/mol. The Bertz CT molecular complexity index is 1430. The number of halogens is 1. The van der Waals surface area contributed by atoms with E-state index >= 15 is 0 Å². The van der Waals surface area contributed by atoms with E-state index < -0.39 is 10.8 Å². The molecule has 1 aromatic heterocycles. The van der Waals surface area contributed by atoms with Gasteiger partial charge >= 0.3 is 0 Å². The maximum Gasteiger partial charge on any atom is 0.293 e. The Morgan fingerprint density at radius 3 is 2.68 bits per heavy atom. The van der Waals surface area contributed by atoms with Crippen LogP contribution in [-0.4, -0.2) is 28.9 Å². The van der Waals surface area contributed by atoms with E-state index in [1.807, 2.05) is 30.0 Å². The van der Waals surface area contributed by atoms with Gasteiger partial charge in [0.25, 0.3) is 11.6 Å². The lowest BCUT2D eigenvalue weighted by molar-refractivity contribution is -0.384. The number of oxazole rings is 1. The molecule has 0 unspecified atom stereocenters. The van der Waals surface area contributed by atoms with Crippen LogP contribution in [0.3, 0.4) is 0 Å². The molecule has 172 valence electrons. The van der Waals surface area contributed by atoms with E-state index in [2.05, 4.69) is 10.3 Å². The van der Waals surface area contributed by atoms with Gasteiger partial charge in [0.05, 0.1) is 15.5 Å². The largest absolute Gasteiger partial charge is 0.436 e. The van der Waals surface area contributed by atoms with Crippen molar-refractivity contribution in [2.75, 3.05) is 23.3 Å². The molecule has 0 saturated carbocycles. The van der Waals surface area contributed by atoms with Gasteiger partial charge < -0.3 is 14.6 Å². The third kappa shape index (κ3) is 4.20. The number of nitro groups is 1. The van der Waals surface area contributed by atoms with Crippen LogP contribution in [0.2, 0.25) is 5.02 Å². The minimum Gasteiger partial charge on any atom is -0.436 e. The minimum atomic E-state index is -0.461. The molecule has 8 nitrogen and oxygen atoms in total. The quantitative estimate of drug-likeness (QED) is 0.271. The Hall–Kier alpha value is -3.91. The van der Waals surface area contributed by atoms with Gasteiger partial charge in [-0.25, -0.2) is 4.98 Å². The number of aryl methyl sites for hydroxylation is 1. The molecule has 0 spiro atoms. The summed E-state index contributed by atoms with van der Waals surface area (Å²) in [5.41, 5.74) is 4.06. The summed E-state index contributed by atoms with van der Waals surface area (Å²) in [4.78, 5) is 30.6. The van der Waals surface area contributed by atoms with Crippen LogP contribution in [0.1, 0.15) is 28.8 Å². The molecule has 0 atom stereocenters. The Balaban J connectivity index is 1.42. The lowest BCUT2D eigenvalue weighted by Gasteiger charge is -2.17. The van der Waals surface area contributed by atoms with Gasteiger partial charge in [-0.2, -0.15) is 0 Å². The predicted molar refractivity (Wildman–Crippen MR) is 132 cm³/mol. The van der Waals surface area contributed by atoms with E-state index in [1.54, 1.807) is 30.3 Å². The molecule has 9 heteroatoms. The highest BCUT2D eigenvalue weighted by Gasteiger charge is 2.24. The molecule has 0 aliphatic carbocycles. The number of carbonyl (C=O) groups excluding carboxylic acids is 1. The van der Waals surface area contributed by atoms with Crippen LogP contribution >= 0.6 is 11.6 Å². The number of hydrogen-bond acceptors (Lipinski definition) is 6. The first-order chi connectivity index (χ1) is 16.4. The molecule has 1 aliphatic heterocycles. The number of carbonyl (C=O) groups is 1. The summed E-state index contributed by atoms with van der Waals surface area (Å²) in [6.45, 7) is 3.51. The van der Waals surface area contributed by atoms with E-state index in [9.17, 15) is 14.9 Å². The summed E-state index contributed by atoms with van der Waals surface area (Å²) in [5.74, 6) is -0.121. The molecule has 3 aromatic carbocycles. The van der Waals surface area contributed by atoms with Gasteiger partial charge in [0.15, 0.2) is 5.58 Å². The van der Waals surface area contributed by atoms with E-state index in [1.165, 1.54) is 6.07 Å². The van der Waals surface area contributed by atoms with Crippen molar-refractivity contribution in [2.45, 2.75) is 19.8 Å². The topological polar surface area (TPSA) is 102 Å². The molecular weight excluding hydrogens is 456 g/mol. The minimum absolute atomic E-state index is 0.0758. The normalized spacial score (nSPS) is 13.4. The number of nitrogens with one attached hydrogen (secondary N) is 1. The average Bonchev–Trinajstić information content (AvgIpc) is 3.49.